The molecule has 174 valence electrons. The number of carbonyl (C=O) groups excluding carboxylic acids is 1. The van der Waals surface area contributed by atoms with Crippen LogP contribution in [0.15, 0.2) is 71.6 Å². The van der Waals surface area contributed by atoms with E-state index in [1.807, 2.05) is 0 Å². The number of halogens is 2. The molecule has 0 unspecified atom stereocenters. The van der Waals surface area contributed by atoms with Crippen molar-refractivity contribution in [3.8, 4) is 11.5 Å². The van der Waals surface area contributed by atoms with Crippen LogP contribution in [0.3, 0.4) is 0 Å². The van der Waals surface area contributed by atoms with Gasteiger partial charge in [-0.3, -0.25) is 4.79 Å². The molecular formula is C23H22Cl2N2O5S. The zero-order valence-electron chi connectivity index (χ0n) is 17.9. The molecule has 0 saturated carbocycles. The van der Waals surface area contributed by atoms with Gasteiger partial charge in [0.25, 0.3) is 0 Å². The van der Waals surface area contributed by atoms with E-state index in [1.54, 1.807) is 54.6 Å². The minimum absolute atomic E-state index is 0.0693. The summed E-state index contributed by atoms with van der Waals surface area (Å²) in [6.07, 6.45) is 0. The van der Waals surface area contributed by atoms with Crippen LogP contribution in [-0.4, -0.2) is 39.4 Å². The maximum Gasteiger partial charge on any atom is 0.243 e. The van der Waals surface area contributed by atoms with Gasteiger partial charge in [0.2, 0.25) is 15.9 Å². The second-order valence-electron chi connectivity index (χ2n) is 6.95. The van der Waals surface area contributed by atoms with Crippen molar-refractivity contribution < 1.29 is 22.7 Å². The highest BCUT2D eigenvalue weighted by molar-refractivity contribution is 7.89. The van der Waals surface area contributed by atoms with Crippen molar-refractivity contribution in [3.63, 3.8) is 0 Å². The molecule has 0 saturated heterocycles. The van der Waals surface area contributed by atoms with E-state index in [1.165, 1.54) is 26.4 Å². The van der Waals surface area contributed by atoms with Gasteiger partial charge in [0.05, 0.1) is 41.4 Å². The van der Waals surface area contributed by atoms with Gasteiger partial charge in [-0.1, -0.05) is 47.5 Å². The summed E-state index contributed by atoms with van der Waals surface area (Å²) >= 11 is 12.1. The van der Waals surface area contributed by atoms with Crippen LogP contribution < -0.4 is 14.8 Å². The van der Waals surface area contributed by atoms with Gasteiger partial charge in [-0.05, 0) is 42.0 Å². The summed E-state index contributed by atoms with van der Waals surface area (Å²) < 4.78 is 38.2. The lowest BCUT2D eigenvalue weighted by Crippen LogP contribution is -2.37. The van der Waals surface area contributed by atoms with E-state index >= 15 is 0 Å². The largest absolute Gasteiger partial charge is 0.497 e. The Balaban J connectivity index is 1.89. The molecule has 10 heteroatoms. The molecule has 0 aliphatic heterocycles. The van der Waals surface area contributed by atoms with E-state index in [0.29, 0.717) is 32.8 Å². The zero-order chi connectivity index (χ0) is 24.0. The zero-order valence-corrected chi connectivity index (χ0v) is 20.2. The molecule has 3 aromatic carbocycles. The summed E-state index contributed by atoms with van der Waals surface area (Å²) in [5, 5.41) is 3.34. The molecule has 0 spiro atoms. The molecule has 0 aliphatic rings. The third-order valence-electron chi connectivity index (χ3n) is 4.73. The smallest absolute Gasteiger partial charge is 0.243 e. The van der Waals surface area contributed by atoms with E-state index < -0.39 is 22.5 Å². The molecule has 3 rings (SSSR count). The third kappa shape index (κ3) is 6.17. The van der Waals surface area contributed by atoms with Crippen LogP contribution in [0.25, 0.3) is 0 Å². The van der Waals surface area contributed by atoms with Crippen molar-refractivity contribution in [2.75, 3.05) is 26.1 Å². The highest BCUT2D eigenvalue weighted by Crippen LogP contribution is 2.29. The van der Waals surface area contributed by atoms with Crippen LogP contribution >= 0.6 is 23.2 Å². The average molecular weight is 509 g/mol. The van der Waals surface area contributed by atoms with Gasteiger partial charge < -0.3 is 14.8 Å². The van der Waals surface area contributed by atoms with Gasteiger partial charge in [0, 0.05) is 12.6 Å². The number of ether oxygens (including phenoxy) is 2. The summed E-state index contributed by atoms with van der Waals surface area (Å²) in [5.74, 6) is 0.389. The highest BCUT2D eigenvalue weighted by atomic mass is 35.5. The molecule has 7 nitrogen and oxygen atoms in total. The first kappa shape index (κ1) is 24.9. The Labute approximate surface area is 202 Å². The van der Waals surface area contributed by atoms with Crippen molar-refractivity contribution in [2.45, 2.75) is 11.4 Å². The van der Waals surface area contributed by atoms with Crippen molar-refractivity contribution in [1.29, 1.82) is 0 Å². The van der Waals surface area contributed by atoms with Crippen LogP contribution in [-0.2, 0) is 21.4 Å². The maximum atomic E-state index is 13.3. The lowest BCUT2D eigenvalue weighted by molar-refractivity contribution is -0.116. The molecular weight excluding hydrogens is 487 g/mol. The summed E-state index contributed by atoms with van der Waals surface area (Å²) in [5.41, 5.74) is 0.966. The first-order valence-electron chi connectivity index (χ1n) is 9.75. The number of rotatable bonds is 9. The van der Waals surface area contributed by atoms with Crippen molar-refractivity contribution in [3.05, 3.63) is 82.3 Å². The van der Waals surface area contributed by atoms with Crippen molar-refractivity contribution in [2.24, 2.45) is 0 Å². The Morgan fingerprint density at radius 3 is 2.30 bits per heavy atom. The number of methoxy groups -OCH3 is 2. The van der Waals surface area contributed by atoms with Crippen LogP contribution in [0.2, 0.25) is 10.0 Å². The number of sulfonamides is 1. The summed E-state index contributed by atoms with van der Waals surface area (Å²) in [7, 11) is -1.02. The number of benzene rings is 3. The highest BCUT2D eigenvalue weighted by Gasteiger charge is 2.27. The molecule has 0 aromatic heterocycles. The molecule has 3 aromatic rings. The molecule has 0 atom stereocenters. The minimum Gasteiger partial charge on any atom is -0.497 e. The van der Waals surface area contributed by atoms with Crippen LogP contribution in [0, 0.1) is 0 Å². The number of amides is 1. The molecule has 0 radical (unpaired) electrons. The monoisotopic (exact) mass is 508 g/mol. The number of nitrogens with zero attached hydrogens (tertiary/aromatic N) is 1. The molecule has 0 heterocycles. The van der Waals surface area contributed by atoms with Gasteiger partial charge >= 0.3 is 0 Å². The van der Waals surface area contributed by atoms with Crippen molar-refractivity contribution in [1.82, 2.24) is 4.31 Å². The van der Waals surface area contributed by atoms with Gasteiger partial charge in [-0.25, -0.2) is 8.42 Å². The molecule has 33 heavy (non-hydrogen) atoms. The summed E-state index contributed by atoms with van der Waals surface area (Å²) in [6, 6.07) is 17.6. The number of hydrogen-bond acceptors (Lipinski definition) is 5. The number of anilines is 1. The first-order valence-corrected chi connectivity index (χ1v) is 11.9. The predicted molar refractivity (Wildman–Crippen MR) is 129 cm³/mol. The maximum absolute atomic E-state index is 13.3. The van der Waals surface area contributed by atoms with Crippen molar-refractivity contribution >= 4 is 44.8 Å². The first-order chi connectivity index (χ1) is 15.7. The van der Waals surface area contributed by atoms with E-state index in [2.05, 4.69) is 5.32 Å². The van der Waals surface area contributed by atoms with Gasteiger partial charge in [-0.2, -0.15) is 4.31 Å². The number of nitrogens with one attached hydrogen (secondary N) is 1. The molecule has 0 bridgehead atoms. The van der Waals surface area contributed by atoms with E-state index in [4.69, 9.17) is 32.7 Å². The van der Waals surface area contributed by atoms with E-state index in [-0.39, 0.29) is 11.4 Å². The Hall–Kier alpha value is -2.78. The second-order valence-corrected chi connectivity index (χ2v) is 9.70. The SMILES string of the molecule is COc1ccc(NC(=O)CN(Cc2ccc(Cl)c(Cl)c2)S(=O)(=O)c2ccccc2)c(OC)c1. The fraction of sp³-hybridized carbons (Fsp3) is 0.174. The van der Waals surface area contributed by atoms with Crippen LogP contribution in [0.1, 0.15) is 5.56 Å². The standard InChI is InChI=1S/C23H22Cl2N2O5S/c1-31-17-9-11-21(22(13-17)32-2)26-23(28)15-27(14-16-8-10-19(24)20(25)12-16)33(29,30)18-6-4-3-5-7-18/h3-13H,14-15H2,1-2H3,(H,26,28). The average Bonchev–Trinajstić information content (AvgIpc) is 2.81. The second kappa shape index (κ2) is 10.9. The number of carbonyl (C=O) groups is 1. The fourth-order valence-electron chi connectivity index (χ4n) is 3.06. The molecule has 1 amide bonds. The van der Waals surface area contributed by atoms with Crippen LogP contribution in [0.4, 0.5) is 5.69 Å². The Morgan fingerprint density at radius 2 is 1.67 bits per heavy atom. The lowest BCUT2D eigenvalue weighted by atomic mass is 10.2. The molecule has 0 aliphatic carbocycles. The topological polar surface area (TPSA) is 84.9 Å². The fourth-order valence-corrected chi connectivity index (χ4v) is 4.79. The Morgan fingerprint density at radius 1 is 0.939 bits per heavy atom. The predicted octanol–water partition coefficient (Wildman–Crippen LogP) is 4.84. The summed E-state index contributed by atoms with van der Waals surface area (Å²) in [6.45, 7) is -0.520. The van der Waals surface area contributed by atoms with E-state index in [9.17, 15) is 13.2 Å². The Bertz CT molecular complexity index is 1240. The van der Waals surface area contributed by atoms with Crippen LogP contribution in [0.5, 0.6) is 11.5 Å². The molecule has 0 fully saturated rings. The third-order valence-corrected chi connectivity index (χ3v) is 7.27. The summed E-state index contributed by atoms with van der Waals surface area (Å²) in [4.78, 5) is 13.0. The number of hydrogen-bond donors (Lipinski definition) is 1. The Kier molecular flexibility index (Phi) is 8.20. The molecule has 1 N–H and O–H groups in total. The van der Waals surface area contributed by atoms with E-state index in [0.717, 1.165) is 4.31 Å². The normalized spacial score (nSPS) is 11.3. The van der Waals surface area contributed by atoms with Gasteiger partial charge in [0.15, 0.2) is 0 Å². The van der Waals surface area contributed by atoms with Gasteiger partial charge in [-0.15, -0.1) is 0 Å². The van der Waals surface area contributed by atoms with Gasteiger partial charge in [0.1, 0.15) is 11.5 Å². The lowest BCUT2D eigenvalue weighted by Gasteiger charge is -2.22. The minimum atomic E-state index is -3.99. The quantitative estimate of drug-likeness (QED) is 0.446.